The first-order chi connectivity index (χ1) is 5.37. The molecule has 0 aliphatic heterocycles. The lowest BCUT2D eigenvalue weighted by molar-refractivity contribution is -0.0146. The lowest BCUT2D eigenvalue weighted by Gasteiger charge is -2.40. The molecule has 0 amide bonds. The van der Waals surface area contributed by atoms with Gasteiger partial charge in [-0.1, -0.05) is 0 Å². The van der Waals surface area contributed by atoms with E-state index in [1.165, 1.54) is 0 Å². The molecule has 0 heterocycles. The highest BCUT2D eigenvalue weighted by Gasteiger charge is 2.37. The van der Waals surface area contributed by atoms with Crippen molar-refractivity contribution in [2.45, 2.75) is 31.9 Å². The molecule has 0 rings (SSSR count). The third-order valence-electron chi connectivity index (χ3n) is 2.42. The summed E-state index contributed by atoms with van der Waals surface area (Å²) in [5.74, 6) is 0. The third-order valence-corrected chi connectivity index (χ3v) is 2.42. The van der Waals surface area contributed by atoms with Gasteiger partial charge in [-0.15, -0.1) is 0 Å². The van der Waals surface area contributed by atoms with Crippen molar-refractivity contribution >= 4 is 0 Å². The molecule has 0 aliphatic carbocycles. The minimum absolute atomic E-state index is 0.0596. The minimum Gasteiger partial charge on any atom is -0.395 e. The van der Waals surface area contributed by atoms with Crippen LogP contribution in [0.15, 0.2) is 0 Å². The second kappa shape index (κ2) is 4.18. The van der Waals surface area contributed by atoms with E-state index < -0.39 is 11.1 Å². The van der Waals surface area contributed by atoms with Crippen LogP contribution in [0.2, 0.25) is 0 Å². The summed E-state index contributed by atoms with van der Waals surface area (Å²) in [7, 11) is 0. The van der Waals surface area contributed by atoms with Gasteiger partial charge < -0.3 is 21.3 Å². The molecule has 0 bridgehead atoms. The van der Waals surface area contributed by atoms with E-state index in [1.54, 1.807) is 6.92 Å². The summed E-state index contributed by atoms with van der Waals surface area (Å²) in [4.78, 5) is 0. The maximum atomic E-state index is 9.81. The summed E-state index contributed by atoms with van der Waals surface area (Å²) in [5, 5.41) is 21.4. The highest BCUT2D eigenvalue weighted by atomic mass is 16.3. The van der Waals surface area contributed by atoms with Gasteiger partial charge in [0.1, 0.15) is 0 Å². The lowest BCUT2D eigenvalue weighted by atomic mass is 9.84. The van der Waals surface area contributed by atoms with Crippen LogP contribution in [0, 0.1) is 0 Å². The zero-order valence-electron chi connectivity index (χ0n) is 8.09. The van der Waals surface area contributed by atoms with Gasteiger partial charge in [0.15, 0.2) is 0 Å². The monoisotopic (exact) mass is 176 g/mol. The van der Waals surface area contributed by atoms with Crippen molar-refractivity contribution in [3.8, 4) is 0 Å². The summed E-state index contributed by atoms with van der Waals surface area (Å²) < 4.78 is 0. The molecule has 74 valence electrons. The Bertz CT molecular complexity index is 135. The molecule has 0 aromatic heterocycles. The van der Waals surface area contributed by atoms with Crippen LogP contribution >= 0.6 is 0 Å². The van der Waals surface area contributed by atoms with E-state index in [9.17, 15) is 5.11 Å². The molecule has 0 aromatic carbocycles. The molecule has 4 heteroatoms. The molecule has 1 atom stereocenters. The Balaban J connectivity index is 4.17. The van der Waals surface area contributed by atoms with Crippen molar-refractivity contribution < 1.29 is 10.2 Å². The van der Waals surface area contributed by atoms with Crippen LogP contribution in [0.3, 0.4) is 0 Å². The molecule has 4 nitrogen and oxygen atoms in total. The van der Waals surface area contributed by atoms with Crippen molar-refractivity contribution in [2.75, 3.05) is 19.7 Å². The fraction of sp³-hybridized carbons (Fsp3) is 1.00. The molecule has 5 N–H and O–H groups in total. The Morgan fingerprint density at radius 3 is 2.17 bits per heavy atom. The number of aliphatic hydroxyl groups excluding tert-OH is 1. The molecule has 1 unspecified atom stereocenters. The minimum atomic E-state index is -0.956. The number of β-amino-alcohol motifs (C(OH)–C–C–N with tert-alkyl or cyclic N) is 1. The molecule has 0 saturated carbocycles. The predicted octanol–water partition coefficient (Wildman–Crippen LogP) is -0.943. The highest BCUT2D eigenvalue weighted by Crippen LogP contribution is 2.19. The molecular formula is C8H20N2O2. The van der Waals surface area contributed by atoms with E-state index >= 15 is 0 Å². The first-order valence-electron chi connectivity index (χ1n) is 4.16. The summed E-state index contributed by atoms with van der Waals surface area (Å²) in [5.41, 5.74) is 3.97. The lowest BCUT2D eigenvalue weighted by Crippen LogP contribution is -2.61. The van der Waals surface area contributed by atoms with E-state index in [0.29, 0.717) is 6.54 Å². The molecule has 0 aliphatic rings. The Hall–Kier alpha value is -0.160. The maximum Gasteiger partial charge on any atom is 0.0916 e. The van der Waals surface area contributed by atoms with E-state index in [-0.39, 0.29) is 13.2 Å². The van der Waals surface area contributed by atoms with Crippen LogP contribution in [0.25, 0.3) is 0 Å². The van der Waals surface area contributed by atoms with Gasteiger partial charge in [0.2, 0.25) is 0 Å². The first-order valence-corrected chi connectivity index (χ1v) is 4.16. The topological polar surface area (TPSA) is 78.5 Å². The number of hydrogen-bond donors (Lipinski definition) is 4. The third kappa shape index (κ3) is 2.71. The summed E-state index contributed by atoms with van der Waals surface area (Å²) >= 11 is 0. The Labute approximate surface area is 73.8 Å². The second-order valence-corrected chi connectivity index (χ2v) is 3.75. The van der Waals surface area contributed by atoms with E-state index in [1.807, 2.05) is 13.8 Å². The fourth-order valence-corrected chi connectivity index (χ4v) is 0.814. The molecule has 0 spiro atoms. The van der Waals surface area contributed by atoms with Crippen molar-refractivity contribution in [3.05, 3.63) is 0 Å². The summed E-state index contributed by atoms with van der Waals surface area (Å²) in [6.45, 7) is 6.11. The van der Waals surface area contributed by atoms with Crippen LogP contribution in [0.1, 0.15) is 20.8 Å². The average Bonchev–Trinajstić information content (AvgIpc) is 2.00. The first kappa shape index (κ1) is 11.8. The van der Waals surface area contributed by atoms with Gasteiger partial charge in [-0.2, -0.15) is 0 Å². The van der Waals surface area contributed by atoms with Crippen LogP contribution < -0.4 is 11.1 Å². The molecule has 0 aromatic rings. The van der Waals surface area contributed by atoms with Gasteiger partial charge in [0.05, 0.1) is 12.2 Å². The normalized spacial score (nSPS) is 17.5. The average molecular weight is 176 g/mol. The van der Waals surface area contributed by atoms with E-state index in [0.717, 1.165) is 0 Å². The summed E-state index contributed by atoms with van der Waals surface area (Å²) in [6, 6.07) is 0. The smallest absolute Gasteiger partial charge is 0.0916 e. The largest absolute Gasteiger partial charge is 0.395 e. The Kier molecular flexibility index (Phi) is 4.13. The predicted molar refractivity (Wildman–Crippen MR) is 48.8 cm³/mol. The SMILES string of the molecule is CC(O)(CN)C(C)(C)NCCO. The number of hydrogen-bond acceptors (Lipinski definition) is 4. The number of aliphatic hydroxyl groups is 2. The highest BCUT2D eigenvalue weighted by molar-refractivity contribution is 4.97. The van der Waals surface area contributed by atoms with Gasteiger partial charge in [-0.25, -0.2) is 0 Å². The van der Waals surface area contributed by atoms with E-state index in [4.69, 9.17) is 10.8 Å². The molecule has 0 saturated heterocycles. The van der Waals surface area contributed by atoms with Gasteiger partial charge in [0, 0.05) is 18.6 Å². The van der Waals surface area contributed by atoms with Crippen molar-refractivity contribution in [1.82, 2.24) is 5.32 Å². The number of nitrogens with one attached hydrogen (secondary N) is 1. The zero-order chi connectivity index (χ0) is 9.83. The second-order valence-electron chi connectivity index (χ2n) is 3.75. The molecular weight excluding hydrogens is 156 g/mol. The van der Waals surface area contributed by atoms with E-state index in [2.05, 4.69) is 5.32 Å². The van der Waals surface area contributed by atoms with Gasteiger partial charge in [0.25, 0.3) is 0 Å². The van der Waals surface area contributed by atoms with Crippen LogP contribution in [-0.4, -0.2) is 41.0 Å². The van der Waals surface area contributed by atoms with Crippen LogP contribution in [0.4, 0.5) is 0 Å². The quantitative estimate of drug-likeness (QED) is 0.436. The Morgan fingerprint density at radius 2 is 1.83 bits per heavy atom. The standard InChI is InChI=1S/C8H20N2O2/c1-7(2,10-4-5-11)8(3,12)6-9/h10-12H,4-6,9H2,1-3H3. The van der Waals surface area contributed by atoms with Gasteiger partial charge in [-0.3, -0.25) is 0 Å². The van der Waals surface area contributed by atoms with Gasteiger partial charge in [-0.05, 0) is 20.8 Å². The molecule has 0 fully saturated rings. The van der Waals surface area contributed by atoms with Crippen molar-refractivity contribution in [1.29, 1.82) is 0 Å². The van der Waals surface area contributed by atoms with Gasteiger partial charge >= 0.3 is 0 Å². The Morgan fingerprint density at radius 1 is 1.33 bits per heavy atom. The van der Waals surface area contributed by atoms with Crippen molar-refractivity contribution in [2.24, 2.45) is 5.73 Å². The van der Waals surface area contributed by atoms with Crippen molar-refractivity contribution in [3.63, 3.8) is 0 Å². The molecule has 0 radical (unpaired) electrons. The fourth-order valence-electron chi connectivity index (χ4n) is 0.814. The van der Waals surface area contributed by atoms with Crippen LogP contribution in [-0.2, 0) is 0 Å². The maximum absolute atomic E-state index is 9.81. The molecule has 12 heavy (non-hydrogen) atoms. The summed E-state index contributed by atoms with van der Waals surface area (Å²) in [6.07, 6.45) is 0. The number of rotatable bonds is 5. The zero-order valence-corrected chi connectivity index (χ0v) is 8.09. The van der Waals surface area contributed by atoms with Crippen LogP contribution in [0.5, 0.6) is 0 Å². The number of nitrogens with two attached hydrogens (primary N) is 1.